The van der Waals surface area contributed by atoms with Gasteiger partial charge < -0.3 is 14.4 Å². The van der Waals surface area contributed by atoms with Crippen LogP contribution in [0.5, 0.6) is 5.75 Å². The number of benzene rings is 2. The monoisotopic (exact) mass is 514 g/mol. The standard InChI is InChI=1S/C31H38N4O3/c1-22-28(37-21-24-8-6-5-7-9-24)20-32-29(33-22)18-23-12-15-34(16-13-23)26-10-11-27-25(19-26)14-17-35(27)30(36)38-31(2,3)4/h5-11,19-20,23H,12-18,21H2,1-4H3. The SMILES string of the molecule is Cc1nc(CC2CCN(c3ccc4c(c3)CCN4C(=O)OC(C)(C)C)CC2)ncc1OCc1ccccc1. The van der Waals surface area contributed by atoms with Gasteiger partial charge in [-0.25, -0.2) is 14.8 Å². The Hall–Kier alpha value is -3.61. The molecule has 0 saturated carbocycles. The van der Waals surface area contributed by atoms with Crippen molar-refractivity contribution in [1.29, 1.82) is 0 Å². The summed E-state index contributed by atoms with van der Waals surface area (Å²) in [5, 5.41) is 0. The second-order valence-corrected chi connectivity index (χ2v) is 11.3. The summed E-state index contributed by atoms with van der Waals surface area (Å²) in [7, 11) is 0. The third-order valence-electron chi connectivity index (χ3n) is 7.24. The summed E-state index contributed by atoms with van der Waals surface area (Å²) >= 11 is 0. The van der Waals surface area contributed by atoms with Crippen LogP contribution in [0.4, 0.5) is 16.2 Å². The number of aryl methyl sites for hydroxylation is 1. The number of amides is 1. The second kappa shape index (κ2) is 11.0. The van der Waals surface area contributed by atoms with Gasteiger partial charge in [-0.3, -0.25) is 4.90 Å². The highest BCUT2D eigenvalue weighted by atomic mass is 16.6. The van der Waals surface area contributed by atoms with Crippen LogP contribution in [0.25, 0.3) is 0 Å². The van der Waals surface area contributed by atoms with Crippen LogP contribution >= 0.6 is 0 Å². The molecule has 7 nitrogen and oxygen atoms in total. The molecular formula is C31H38N4O3. The maximum Gasteiger partial charge on any atom is 0.414 e. The number of ether oxygens (including phenoxy) is 2. The largest absolute Gasteiger partial charge is 0.485 e. The van der Waals surface area contributed by atoms with Crippen molar-refractivity contribution in [2.45, 2.75) is 65.6 Å². The van der Waals surface area contributed by atoms with Gasteiger partial charge in [-0.05, 0) is 82.2 Å². The van der Waals surface area contributed by atoms with Gasteiger partial charge in [0.15, 0.2) is 5.75 Å². The number of aromatic nitrogens is 2. The van der Waals surface area contributed by atoms with E-state index in [2.05, 4.69) is 40.2 Å². The van der Waals surface area contributed by atoms with Gasteiger partial charge in [0, 0.05) is 31.7 Å². The molecule has 2 aliphatic rings. The zero-order chi connectivity index (χ0) is 26.7. The van der Waals surface area contributed by atoms with E-state index in [1.165, 1.54) is 11.3 Å². The molecule has 0 unspecified atom stereocenters. The van der Waals surface area contributed by atoms with Crippen molar-refractivity contribution >= 4 is 17.5 Å². The molecule has 1 saturated heterocycles. The molecule has 7 heteroatoms. The Balaban J connectivity index is 1.13. The van der Waals surface area contributed by atoms with Gasteiger partial charge in [0.1, 0.15) is 18.0 Å². The first kappa shape index (κ1) is 26.0. The molecule has 0 atom stereocenters. The predicted molar refractivity (Wildman–Crippen MR) is 150 cm³/mol. The number of fused-ring (bicyclic) bond motifs is 1. The molecule has 200 valence electrons. The normalized spacial score (nSPS) is 15.9. The molecule has 2 aromatic carbocycles. The molecule has 3 heterocycles. The quantitative estimate of drug-likeness (QED) is 0.395. The van der Waals surface area contributed by atoms with E-state index in [1.807, 2.05) is 52.1 Å². The van der Waals surface area contributed by atoms with E-state index in [0.29, 0.717) is 19.1 Å². The Bertz CT molecular complexity index is 1260. The third kappa shape index (κ3) is 6.26. The Morgan fingerprint density at radius 2 is 1.82 bits per heavy atom. The van der Waals surface area contributed by atoms with Gasteiger partial charge in [-0.2, -0.15) is 0 Å². The number of piperidine rings is 1. The summed E-state index contributed by atoms with van der Waals surface area (Å²) < 4.78 is 11.5. The van der Waals surface area contributed by atoms with Crippen molar-refractivity contribution in [2.75, 3.05) is 29.4 Å². The van der Waals surface area contributed by atoms with Gasteiger partial charge in [0.05, 0.1) is 17.6 Å². The van der Waals surface area contributed by atoms with Gasteiger partial charge in [0.25, 0.3) is 0 Å². The summed E-state index contributed by atoms with van der Waals surface area (Å²) in [6.07, 6.45) is 5.52. The van der Waals surface area contributed by atoms with Gasteiger partial charge in [-0.15, -0.1) is 0 Å². The molecule has 0 N–H and O–H groups in total. The summed E-state index contributed by atoms with van der Waals surface area (Å²) in [4.78, 5) is 26.2. The van der Waals surface area contributed by atoms with Crippen LogP contribution in [0.1, 0.15) is 56.3 Å². The van der Waals surface area contributed by atoms with E-state index >= 15 is 0 Å². The van der Waals surface area contributed by atoms with Crippen molar-refractivity contribution in [3.8, 4) is 5.75 Å². The lowest BCUT2D eigenvalue weighted by molar-refractivity contribution is 0.0584. The van der Waals surface area contributed by atoms with E-state index in [0.717, 1.165) is 67.3 Å². The van der Waals surface area contributed by atoms with Crippen molar-refractivity contribution in [2.24, 2.45) is 5.92 Å². The molecule has 3 aromatic rings. The minimum absolute atomic E-state index is 0.266. The van der Waals surface area contributed by atoms with E-state index in [1.54, 1.807) is 4.90 Å². The smallest absolute Gasteiger partial charge is 0.414 e. The first-order chi connectivity index (χ1) is 18.2. The summed E-state index contributed by atoms with van der Waals surface area (Å²) in [6, 6.07) is 16.6. The van der Waals surface area contributed by atoms with Crippen molar-refractivity contribution in [1.82, 2.24) is 9.97 Å². The average molecular weight is 515 g/mol. The van der Waals surface area contributed by atoms with E-state index in [9.17, 15) is 4.79 Å². The maximum absolute atomic E-state index is 12.6. The summed E-state index contributed by atoms with van der Waals surface area (Å²) in [5.74, 6) is 2.21. The van der Waals surface area contributed by atoms with Crippen LogP contribution in [0, 0.1) is 12.8 Å². The Kier molecular flexibility index (Phi) is 7.54. The topological polar surface area (TPSA) is 67.8 Å². The van der Waals surface area contributed by atoms with Gasteiger partial charge in [0.2, 0.25) is 0 Å². The Morgan fingerprint density at radius 3 is 2.53 bits per heavy atom. The molecule has 5 rings (SSSR count). The first-order valence-corrected chi connectivity index (χ1v) is 13.6. The van der Waals surface area contributed by atoms with Gasteiger partial charge in [-0.1, -0.05) is 30.3 Å². The van der Waals surface area contributed by atoms with Crippen LogP contribution < -0.4 is 14.5 Å². The maximum atomic E-state index is 12.6. The number of carbonyl (C=O) groups is 1. The molecule has 0 spiro atoms. The summed E-state index contributed by atoms with van der Waals surface area (Å²) in [6.45, 7) is 10.9. The summed E-state index contributed by atoms with van der Waals surface area (Å²) in [5.41, 5.74) is 4.95. The molecule has 1 fully saturated rings. The van der Waals surface area contributed by atoms with Crippen molar-refractivity contribution < 1.29 is 14.3 Å². The highest BCUT2D eigenvalue weighted by molar-refractivity contribution is 5.91. The number of hydrogen-bond acceptors (Lipinski definition) is 6. The molecule has 1 amide bonds. The lowest BCUT2D eigenvalue weighted by Gasteiger charge is -2.34. The highest BCUT2D eigenvalue weighted by Gasteiger charge is 2.30. The molecule has 0 bridgehead atoms. The zero-order valence-corrected chi connectivity index (χ0v) is 22.9. The molecule has 1 aromatic heterocycles. The van der Waals surface area contributed by atoms with Crippen LogP contribution in [-0.2, 0) is 24.2 Å². The van der Waals surface area contributed by atoms with Crippen LogP contribution in [0.15, 0.2) is 54.7 Å². The molecule has 38 heavy (non-hydrogen) atoms. The van der Waals surface area contributed by atoms with Crippen molar-refractivity contribution in [3.63, 3.8) is 0 Å². The van der Waals surface area contributed by atoms with E-state index in [4.69, 9.17) is 14.5 Å². The fourth-order valence-electron chi connectivity index (χ4n) is 5.22. The fourth-order valence-corrected chi connectivity index (χ4v) is 5.22. The van der Waals surface area contributed by atoms with Crippen LogP contribution in [0.2, 0.25) is 0 Å². The predicted octanol–water partition coefficient (Wildman–Crippen LogP) is 6.12. The first-order valence-electron chi connectivity index (χ1n) is 13.6. The second-order valence-electron chi connectivity index (χ2n) is 11.3. The highest BCUT2D eigenvalue weighted by Crippen LogP contribution is 2.34. The van der Waals surface area contributed by atoms with E-state index in [-0.39, 0.29) is 6.09 Å². The van der Waals surface area contributed by atoms with Gasteiger partial charge >= 0.3 is 6.09 Å². The number of carbonyl (C=O) groups excluding carboxylic acids is 1. The molecule has 2 aliphatic heterocycles. The number of anilines is 2. The fraction of sp³-hybridized carbons (Fsp3) is 0.452. The Morgan fingerprint density at radius 1 is 1.05 bits per heavy atom. The molecule has 0 aliphatic carbocycles. The third-order valence-corrected chi connectivity index (χ3v) is 7.24. The number of nitrogens with zero attached hydrogens (tertiary/aromatic N) is 4. The van der Waals surface area contributed by atoms with Crippen LogP contribution in [0.3, 0.4) is 0 Å². The average Bonchev–Trinajstić information content (AvgIpc) is 3.32. The number of rotatable bonds is 6. The zero-order valence-electron chi connectivity index (χ0n) is 22.9. The lowest BCUT2D eigenvalue weighted by atomic mass is 9.92. The Labute approximate surface area is 225 Å². The van der Waals surface area contributed by atoms with E-state index < -0.39 is 5.60 Å². The molecule has 0 radical (unpaired) electrons. The number of hydrogen-bond donors (Lipinski definition) is 0. The van der Waals surface area contributed by atoms with Crippen LogP contribution in [-0.4, -0.2) is 41.3 Å². The van der Waals surface area contributed by atoms with Crippen molar-refractivity contribution in [3.05, 3.63) is 77.4 Å². The minimum Gasteiger partial charge on any atom is -0.485 e. The molecular weight excluding hydrogens is 476 g/mol. The minimum atomic E-state index is -0.494. The lowest BCUT2D eigenvalue weighted by Crippen LogP contribution is -2.35.